The van der Waals surface area contributed by atoms with Gasteiger partial charge in [0.15, 0.2) is 5.82 Å². The summed E-state index contributed by atoms with van der Waals surface area (Å²) in [5, 5.41) is 16.4. The van der Waals surface area contributed by atoms with E-state index < -0.39 is 0 Å². The minimum Gasteiger partial charge on any atom is -0.477 e. The normalized spacial score (nSPS) is 11.8. The third-order valence-electron chi connectivity index (χ3n) is 4.28. The van der Waals surface area contributed by atoms with Gasteiger partial charge in [-0.3, -0.25) is 4.79 Å². The van der Waals surface area contributed by atoms with Crippen LogP contribution in [0, 0.1) is 6.92 Å². The second-order valence-corrected chi connectivity index (χ2v) is 7.66. The number of rotatable bonds is 5. The maximum Gasteiger partial charge on any atom is 0.221 e. The molecule has 3 aromatic rings. The van der Waals surface area contributed by atoms with E-state index >= 15 is 0 Å². The average molecular weight is 370 g/mol. The molecule has 144 valence electrons. The van der Waals surface area contributed by atoms with Crippen molar-refractivity contribution in [3.05, 3.63) is 29.6 Å². The summed E-state index contributed by atoms with van der Waals surface area (Å²) in [4.78, 5) is 13.3. The Bertz CT molecular complexity index is 980. The second kappa shape index (κ2) is 7.02. The summed E-state index contributed by atoms with van der Waals surface area (Å²) in [7, 11) is 1.93. The number of carbonyl (C=O) groups is 1. The number of carbonyl (C=O) groups excluding carboxylic acids is 1. The fourth-order valence-corrected chi connectivity index (χ4v) is 3.02. The zero-order valence-corrected chi connectivity index (χ0v) is 16.7. The van der Waals surface area contributed by atoms with Crippen molar-refractivity contribution in [2.45, 2.75) is 46.6 Å². The molecular weight excluding hydrogens is 344 g/mol. The molecule has 2 aromatic heterocycles. The van der Waals surface area contributed by atoms with E-state index in [1.807, 2.05) is 57.5 Å². The number of nitrogens with zero attached hydrogens (tertiary/aromatic N) is 5. The number of anilines is 1. The lowest BCUT2D eigenvalue weighted by Gasteiger charge is -2.15. The van der Waals surface area contributed by atoms with Crippen molar-refractivity contribution in [2.75, 3.05) is 11.9 Å². The first-order chi connectivity index (χ1) is 12.7. The Morgan fingerprint density at radius 3 is 2.67 bits per heavy atom. The van der Waals surface area contributed by atoms with Crippen LogP contribution in [0.25, 0.3) is 10.9 Å². The Balaban J connectivity index is 1.84. The maximum atomic E-state index is 11.7. The van der Waals surface area contributed by atoms with Crippen molar-refractivity contribution in [2.24, 2.45) is 7.05 Å². The molecule has 0 aliphatic heterocycles. The smallest absolute Gasteiger partial charge is 0.221 e. The van der Waals surface area contributed by atoms with Crippen molar-refractivity contribution in [3.63, 3.8) is 0 Å². The molecule has 8 nitrogen and oxygen atoms in total. The zero-order valence-electron chi connectivity index (χ0n) is 16.7. The maximum absolute atomic E-state index is 11.7. The summed E-state index contributed by atoms with van der Waals surface area (Å²) in [6.45, 7) is 9.97. The quantitative estimate of drug-likeness (QED) is 0.746. The van der Waals surface area contributed by atoms with Gasteiger partial charge in [-0.15, -0.1) is 10.2 Å². The van der Waals surface area contributed by atoms with E-state index in [0.29, 0.717) is 30.4 Å². The summed E-state index contributed by atoms with van der Waals surface area (Å²) >= 11 is 0. The SMILES string of the molecule is CC(=O)Nc1c(OCCc2nnn(C(C)(C)C)n2)n(C)c2c(C)cccc12. The fourth-order valence-electron chi connectivity index (χ4n) is 3.02. The van der Waals surface area contributed by atoms with Crippen LogP contribution >= 0.6 is 0 Å². The van der Waals surface area contributed by atoms with Crippen LogP contribution < -0.4 is 10.1 Å². The zero-order chi connectivity index (χ0) is 19.8. The molecule has 0 bridgehead atoms. The molecule has 2 heterocycles. The molecule has 0 saturated heterocycles. The lowest BCUT2D eigenvalue weighted by Crippen LogP contribution is -2.24. The Morgan fingerprint density at radius 2 is 2.04 bits per heavy atom. The fraction of sp³-hybridized carbons (Fsp3) is 0.474. The highest BCUT2D eigenvalue weighted by Crippen LogP contribution is 2.37. The minimum atomic E-state index is -0.210. The standard InChI is InChI=1S/C19H26N6O2/c1-12-8-7-9-14-16(20-13(2)26)18(24(6)17(12)14)27-11-10-15-21-23-25(22-15)19(3,4)5/h7-9H,10-11H2,1-6H3,(H,20,26). The Hall–Kier alpha value is -2.90. The van der Waals surface area contributed by atoms with E-state index in [1.165, 1.54) is 6.92 Å². The molecule has 1 aromatic carbocycles. The van der Waals surface area contributed by atoms with Crippen LogP contribution in [0.2, 0.25) is 0 Å². The van der Waals surface area contributed by atoms with Gasteiger partial charge in [-0.05, 0) is 38.5 Å². The van der Waals surface area contributed by atoms with Gasteiger partial charge in [0.2, 0.25) is 11.8 Å². The molecule has 0 atom stereocenters. The third kappa shape index (κ3) is 3.79. The van der Waals surface area contributed by atoms with Gasteiger partial charge in [-0.1, -0.05) is 18.2 Å². The molecule has 0 radical (unpaired) electrons. The van der Waals surface area contributed by atoms with Gasteiger partial charge >= 0.3 is 0 Å². The van der Waals surface area contributed by atoms with Crippen LogP contribution in [0.4, 0.5) is 5.69 Å². The lowest BCUT2D eigenvalue weighted by molar-refractivity contribution is -0.114. The number of benzene rings is 1. The number of fused-ring (bicyclic) bond motifs is 1. The Kier molecular flexibility index (Phi) is 4.91. The number of tetrazole rings is 1. The van der Waals surface area contributed by atoms with E-state index in [-0.39, 0.29) is 11.4 Å². The van der Waals surface area contributed by atoms with Crippen LogP contribution in [0.1, 0.15) is 39.1 Å². The van der Waals surface area contributed by atoms with Crippen LogP contribution in [-0.4, -0.2) is 37.3 Å². The monoisotopic (exact) mass is 370 g/mol. The van der Waals surface area contributed by atoms with Gasteiger partial charge < -0.3 is 14.6 Å². The van der Waals surface area contributed by atoms with E-state index in [9.17, 15) is 4.79 Å². The van der Waals surface area contributed by atoms with Gasteiger partial charge in [0.1, 0.15) is 5.69 Å². The molecule has 1 amide bonds. The van der Waals surface area contributed by atoms with E-state index in [4.69, 9.17) is 4.74 Å². The van der Waals surface area contributed by atoms with Gasteiger partial charge in [-0.25, -0.2) is 0 Å². The Labute approximate surface area is 158 Å². The molecule has 1 N–H and O–H groups in total. The summed E-state index contributed by atoms with van der Waals surface area (Å²) < 4.78 is 8.01. The van der Waals surface area contributed by atoms with E-state index in [2.05, 4.69) is 20.7 Å². The number of hydrogen-bond acceptors (Lipinski definition) is 5. The molecule has 0 aliphatic rings. The highest BCUT2D eigenvalue weighted by Gasteiger charge is 2.20. The van der Waals surface area contributed by atoms with Gasteiger partial charge in [0, 0.05) is 25.8 Å². The first-order valence-electron chi connectivity index (χ1n) is 8.96. The van der Waals surface area contributed by atoms with E-state index in [0.717, 1.165) is 16.5 Å². The van der Waals surface area contributed by atoms with Crippen LogP contribution in [0.15, 0.2) is 18.2 Å². The lowest BCUT2D eigenvalue weighted by atomic mass is 10.1. The number of para-hydroxylation sites is 1. The second-order valence-electron chi connectivity index (χ2n) is 7.66. The van der Waals surface area contributed by atoms with E-state index in [1.54, 1.807) is 4.80 Å². The third-order valence-corrected chi connectivity index (χ3v) is 4.28. The van der Waals surface area contributed by atoms with Gasteiger partial charge in [0.25, 0.3) is 0 Å². The summed E-state index contributed by atoms with van der Waals surface area (Å²) in [5.74, 6) is 1.11. The highest BCUT2D eigenvalue weighted by atomic mass is 16.5. The predicted molar refractivity (Wildman–Crippen MR) is 104 cm³/mol. The van der Waals surface area contributed by atoms with Crippen LogP contribution in [0.3, 0.4) is 0 Å². The Morgan fingerprint density at radius 1 is 1.30 bits per heavy atom. The molecular formula is C19H26N6O2. The predicted octanol–water partition coefficient (Wildman–Crippen LogP) is 2.81. The topological polar surface area (TPSA) is 86.9 Å². The van der Waals surface area contributed by atoms with Crippen molar-refractivity contribution in [3.8, 4) is 5.88 Å². The van der Waals surface area contributed by atoms with Crippen molar-refractivity contribution in [1.82, 2.24) is 24.8 Å². The molecule has 3 rings (SSSR count). The number of aryl methyl sites for hydroxylation is 2. The number of amides is 1. The highest BCUT2D eigenvalue weighted by molar-refractivity contribution is 6.05. The molecule has 27 heavy (non-hydrogen) atoms. The number of nitrogens with one attached hydrogen (secondary N) is 1. The number of hydrogen-bond donors (Lipinski definition) is 1. The first-order valence-corrected chi connectivity index (χ1v) is 8.96. The average Bonchev–Trinajstić information content (AvgIpc) is 3.14. The molecule has 0 aliphatic carbocycles. The molecule has 0 unspecified atom stereocenters. The molecule has 8 heteroatoms. The van der Waals surface area contributed by atoms with Gasteiger partial charge in [0.05, 0.1) is 17.7 Å². The minimum absolute atomic E-state index is 0.136. The van der Waals surface area contributed by atoms with Crippen molar-refractivity contribution in [1.29, 1.82) is 0 Å². The summed E-state index contributed by atoms with van der Waals surface area (Å²) in [6, 6.07) is 6.00. The van der Waals surface area contributed by atoms with Crippen molar-refractivity contribution < 1.29 is 9.53 Å². The van der Waals surface area contributed by atoms with Gasteiger partial charge in [-0.2, -0.15) is 4.80 Å². The summed E-state index contributed by atoms with van der Waals surface area (Å²) in [6.07, 6.45) is 0.524. The number of ether oxygens (including phenoxy) is 1. The summed E-state index contributed by atoms with van der Waals surface area (Å²) in [5.41, 5.74) is 2.63. The number of aromatic nitrogens is 5. The van der Waals surface area contributed by atoms with Crippen molar-refractivity contribution >= 4 is 22.5 Å². The molecule has 0 spiro atoms. The molecule has 0 saturated carbocycles. The molecule has 0 fully saturated rings. The first kappa shape index (κ1) is 18.9. The van der Waals surface area contributed by atoms with Crippen LogP contribution in [0.5, 0.6) is 5.88 Å². The largest absolute Gasteiger partial charge is 0.477 e. The van der Waals surface area contributed by atoms with Crippen LogP contribution in [-0.2, 0) is 23.8 Å².